The molecule has 12 heteroatoms. The highest BCUT2D eigenvalue weighted by Gasteiger charge is 2.13. The van der Waals surface area contributed by atoms with E-state index in [1.54, 1.807) is 18.2 Å². The minimum atomic E-state index is -0.749. The third-order valence-corrected chi connectivity index (χ3v) is 4.49. The van der Waals surface area contributed by atoms with Gasteiger partial charge in [0.1, 0.15) is 5.75 Å². The molecular formula is C23H16N4O8. The van der Waals surface area contributed by atoms with Gasteiger partial charge in [-0.05, 0) is 36.4 Å². The molecule has 0 saturated heterocycles. The number of ether oxygens (including phenoxy) is 1. The zero-order valence-corrected chi connectivity index (χ0v) is 17.7. The number of nitro groups is 2. The Morgan fingerprint density at radius 2 is 1.29 bits per heavy atom. The van der Waals surface area contributed by atoms with Crippen LogP contribution in [0.15, 0.2) is 78.9 Å². The first kappa shape index (κ1) is 24.3. The number of non-ortho nitro benzene ring substituents is 2. The standard InChI is InChI=1S/C23H16N4O8/c28-21(24-25-22(29)16-5-10-18(11-6-16)26(31)32)14-9-15-3-1-2-4-20(15)35-23(30)17-7-12-19(13-8-17)27(33)34/h1-14H,(H,24,28)(H,25,29)/b14-9+. The Kier molecular flexibility index (Phi) is 7.60. The molecule has 0 saturated carbocycles. The number of rotatable bonds is 7. The molecule has 0 radical (unpaired) electrons. The van der Waals surface area contributed by atoms with Crippen LogP contribution in [-0.2, 0) is 4.79 Å². The maximum absolute atomic E-state index is 12.4. The molecule has 176 valence electrons. The quantitative estimate of drug-likeness (QED) is 0.172. The Morgan fingerprint density at radius 1 is 0.743 bits per heavy atom. The molecule has 0 spiro atoms. The number of esters is 1. The second-order valence-corrected chi connectivity index (χ2v) is 6.81. The topological polar surface area (TPSA) is 171 Å². The van der Waals surface area contributed by atoms with Gasteiger partial charge in [0.2, 0.25) is 0 Å². The highest BCUT2D eigenvalue weighted by molar-refractivity contribution is 5.98. The van der Waals surface area contributed by atoms with Gasteiger partial charge in [-0.25, -0.2) is 4.79 Å². The number of hydrazine groups is 1. The fourth-order valence-electron chi connectivity index (χ4n) is 2.72. The molecule has 0 aromatic heterocycles. The average molecular weight is 476 g/mol. The summed E-state index contributed by atoms with van der Waals surface area (Å²) in [5.74, 6) is -1.99. The number of nitrogens with one attached hydrogen (secondary N) is 2. The smallest absolute Gasteiger partial charge is 0.343 e. The Bertz CT molecular complexity index is 1320. The van der Waals surface area contributed by atoms with Gasteiger partial charge in [0.15, 0.2) is 0 Å². The van der Waals surface area contributed by atoms with Crippen molar-refractivity contribution in [2.24, 2.45) is 0 Å². The van der Waals surface area contributed by atoms with E-state index in [9.17, 15) is 34.6 Å². The molecule has 12 nitrogen and oxygen atoms in total. The van der Waals surface area contributed by atoms with Crippen LogP contribution in [0.4, 0.5) is 11.4 Å². The van der Waals surface area contributed by atoms with Crippen LogP contribution in [-0.4, -0.2) is 27.6 Å². The van der Waals surface area contributed by atoms with Crippen LogP contribution in [0.3, 0.4) is 0 Å². The first-order valence-electron chi connectivity index (χ1n) is 9.83. The van der Waals surface area contributed by atoms with Gasteiger partial charge < -0.3 is 4.74 Å². The number of carbonyl (C=O) groups is 3. The molecule has 0 atom stereocenters. The Morgan fingerprint density at radius 3 is 1.86 bits per heavy atom. The van der Waals surface area contributed by atoms with Crippen molar-refractivity contribution in [1.29, 1.82) is 0 Å². The Hall–Kier alpha value is -5.39. The van der Waals surface area contributed by atoms with Crippen molar-refractivity contribution >= 4 is 35.2 Å². The number of hydrogen-bond acceptors (Lipinski definition) is 8. The van der Waals surface area contributed by atoms with Gasteiger partial charge in [-0.15, -0.1) is 0 Å². The third-order valence-electron chi connectivity index (χ3n) is 4.49. The van der Waals surface area contributed by atoms with E-state index in [0.717, 1.165) is 18.2 Å². The fraction of sp³-hybridized carbons (Fsp3) is 0. The summed E-state index contributed by atoms with van der Waals surface area (Å²) < 4.78 is 5.34. The van der Waals surface area contributed by atoms with Crippen molar-refractivity contribution in [3.8, 4) is 5.75 Å². The number of amides is 2. The Labute approximate surface area is 197 Å². The predicted octanol–water partition coefficient (Wildman–Crippen LogP) is 3.20. The lowest BCUT2D eigenvalue weighted by molar-refractivity contribution is -0.385. The highest BCUT2D eigenvalue weighted by Crippen LogP contribution is 2.21. The molecular weight excluding hydrogens is 460 g/mol. The van der Waals surface area contributed by atoms with E-state index in [-0.39, 0.29) is 28.3 Å². The van der Waals surface area contributed by atoms with Crippen molar-refractivity contribution < 1.29 is 29.0 Å². The summed E-state index contributed by atoms with van der Waals surface area (Å²) >= 11 is 0. The van der Waals surface area contributed by atoms with Gasteiger partial charge in [-0.2, -0.15) is 0 Å². The minimum absolute atomic E-state index is 0.0982. The molecule has 0 aliphatic carbocycles. The van der Waals surface area contributed by atoms with Crippen LogP contribution in [0, 0.1) is 20.2 Å². The van der Waals surface area contributed by atoms with Crippen molar-refractivity contribution in [3.63, 3.8) is 0 Å². The van der Waals surface area contributed by atoms with Crippen molar-refractivity contribution in [2.75, 3.05) is 0 Å². The SMILES string of the molecule is O=C(/C=C/c1ccccc1OC(=O)c1ccc([N+](=O)[O-])cc1)NNC(=O)c1ccc([N+](=O)[O-])cc1. The lowest BCUT2D eigenvalue weighted by Gasteiger charge is -2.08. The summed E-state index contributed by atoms with van der Waals surface area (Å²) in [6, 6.07) is 16.0. The molecule has 0 heterocycles. The lowest BCUT2D eigenvalue weighted by atomic mass is 10.1. The third kappa shape index (κ3) is 6.55. The van der Waals surface area contributed by atoms with E-state index in [1.165, 1.54) is 48.5 Å². The molecule has 3 aromatic carbocycles. The number of para-hydroxylation sites is 1. The van der Waals surface area contributed by atoms with Crippen molar-refractivity contribution in [3.05, 3.63) is 116 Å². The molecule has 0 unspecified atom stereocenters. The molecule has 2 N–H and O–H groups in total. The first-order chi connectivity index (χ1) is 16.7. The lowest BCUT2D eigenvalue weighted by Crippen LogP contribution is -2.40. The van der Waals surface area contributed by atoms with E-state index < -0.39 is 27.6 Å². The molecule has 0 bridgehead atoms. The monoisotopic (exact) mass is 476 g/mol. The van der Waals surface area contributed by atoms with Gasteiger partial charge >= 0.3 is 5.97 Å². The largest absolute Gasteiger partial charge is 0.422 e. The summed E-state index contributed by atoms with van der Waals surface area (Å²) in [5, 5.41) is 21.4. The van der Waals surface area contributed by atoms with Crippen LogP contribution in [0.5, 0.6) is 5.75 Å². The van der Waals surface area contributed by atoms with Gasteiger partial charge in [0, 0.05) is 41.5 Å². The first-order valence-corrected chi connectivity index (χ1v) is 9.83. The number of nitro benzene ring substituents is 2. The molecule has 3 aromatic rings. The second-order valence-electron chi connectivity index (χ2n) is 6.81. The predicted molar refractivity (Wildman–Crippen MR) is 122 cm³/mol. The van der Waals surface area contributed by atoms with E-state index in [0.29, 0.717) is 5.56 Å². The van der Waals surface area contributed by atoms with Crippen LogP contribution >= 0.6 is 0 Å². The van der Waals surface area contributed by atoms with E-state index in [4.69, 9.17) is 4.74 Å². The van der Waals surface area contributed by atoms with Crippen LogP contribution in [0.25, 0.3) is 6.08 Å². The maximum Gasteiger partial charge on any atom is 0.343 e. The summed E-state index contributed by atoms with van der Waals surface area (Å²) in [6.07, 6.45) is 2.44. The zero-order valence-electron chi connectivity index (χ0n) is 17.7. The fourth-order valence-corrected chi connectivity index (χ4v) is 2.72. The second kappa shape index (κ2) is 11.0. The summed E-state index contributed by atoms with van der Waals surface area (Å²) in [6.45, 7) is 0. The number of benzene rings is 3. The molecule has 0 fully saturated rings. The van der Waals surface area contributed by atoms with Crippen LogP contribution in [0.2, 0.25) is 0 Å². The van der Waals surface area contributed by atoms with Gasteiger partial charge in [0.05, 0.1) is 15.4 Å². The Balaban J connectivity index is 1.60. The van der Waals surface area contributed by atoms with E-state index in [1.807, 2.05) is 0 Å². The molecule has 0 aliphatic heterocycles. The summed E-state index contributed by atoms with van der Waals surface area (Å²) in [7, 11) is 0. The average Bonchev–Trinajstić information content (AvgIpc) is 2.86. The summed E-state index contributed by atoms with van der Waals surface area (Å²) in [4.78, 5) is 56.7. The molecule has 0 aliphatic rings. The van der Waals surface area contributed by atoms with Gasteiger partial charge in [-0.1, -0.05) is 18.2 Å². The van der Waals surface area contributed by atoms with E-state index >= 15 is 0 Å². The zero-order chi connectivity index (χ0) is 25.4. The highest BCUT2D eigenvalue weighted by atomic mass is 16.6. The number of carbonyl (C=O) groups excluding carboxylic acids is 3. The molecule has 3 rings (SSSR count). The van der Waals surface area contributed by atoms with Crippen LogP contribution < -0.4 is 15.6 Å². The van der Waals surface area contributed by atoms with Gasteiger partial charge in [-0.3, -0.25) is 40.7 Å². The number of hydrogen-bond donors (Lipinski definition) is 2. The number of nitrogens with zero attached hydrogens (tertiary/aromatic N) is 2. The summed E-state index contributed by atoms with van der Waals surface area (Å²) in [5.41, 5.74) is 4.56. The normalized spacial score (nSPS) is 10.4. The molecule has 35 heavy (non-hydrogen) atoms. The van der Waals surface area contributed by atoms with Crippen molar-refractivity contribution in [1.82, 2.24) is 10.9 Å². The maximum atomic E-state index is 12.4. The van der Waals surface area contributed by atoms with E-state index in [2.05, 4.69) is 10.9 Å². The van der Waals surface area contributed by atoms with Crippen LogP contribution in [0.1, 0.15) is 26.3 Å². The van der Waals surface area contributed by atoms with Gasteiger partial charge in [0.25, 0.3) is 23.2 Å². The minimum Gasteiger partial charge on any atom is -0.422 e. The van der Waals surface area contributed by atoms with Crippen molar-refractivity contribution in [2.45, 2.75) is 0 Å². The molecule has 2 amide bonds.